The minimum Gasteiger partial charge on any atom is -0.351 e. The smallest absolute Gasteiger partial charge is 0.261 e. The van der Waals surface area contributed by atoms with Gasteiger partial charge in [-0.25, -0.2) is 4.39 Å². The second-order valence-electron chi connectivity index (χ2n) is 5.61. The van der Waals surface area contributed by atoms with Gasteiger partial charge in [-0.1, -0.05) is 6.07 Å². The van der Waals surface area contributed by atoms with Gasteiger partial charge in [-0.05, 0) is 50.1 Å². The molecule has 0 fully saturated rings. The number of anilines is 1. The lowest BCUT2D eigenvalue weighted by Crippen LogP contribution is -2.28. The molecular weight excluding hydrogens is 365 g/mol. The number of nitrogens with two attached hydrogens (primary N) is 1. The number of carbonyl (C=O) groups excluding carboxylic acids is 2. The van der Waals surface area contributed by atoms with Crippen molar-refractivity contribution in [1.29, 1.82) is 0 Å². The number of carbonyl (C=O) groups is 2. The standard InChI is InChI=1S/C17H20FN3O2S.ClH/c1-10-8-14(21-16(22)12-4-3-5-13(18)9-12)24-15(10)17(23)20-7-6-11(2)19;/h3-5,8-9,11H,6-7,19H2,1-2H3,(H,20,23)(H,21,22);1H. The number of hydrogen-bond acceptors (Lipinski definition) is 4. The summed E-state index contributed by atoms with van der Waals surface area (Å²) in [5.41, 5.74) is 6.65. The van der Waals surface area contributed by atoms with Crippen molar-refractivity contribution in [3.8, 4) is 0 Å². The first kappa shape index (κ1) is 21.1. The van der Waals surface area contributed by atoms with Crippen molar-refractivity contribution >= 4 is 40.6 Å². The lowest BCUT2D eigenvalue weighted by atomic mass is 10.2. The van der Waals surface area contributed by atoms with Gasteiger partial charge in [0, 0.05) is 18.2 Å². The van der Waals surface area contributed by atoms with Crippen LogP contribution in [0.5, 0.6) is 0 Å². The molecule has 8 heteroatoms. The number of aryl methyl sites for hydroxylation is 1. The summed E-state index contributed by atoms with van der Waals surface area (Å²) >= 11 is 1.18. The van der Waals surface area contributed by atoms with E-state index in [0.29, 0.717) is 22.8 Å². The molecule has 0 saturated carbocycles. The van der Waals surface area contributed by atoms with E-state index in [1.807, 2.05) is 6.92 Å². The van der Waals surface area contributed by atoms with Crippen LogP contribution in [0.3, 0.4) is 0 Å². The normalized spacial score (nSPS) is 11.4. The molecule has 0 aliphatic heterocycles. The van der Waals surface area contributed by atoms with Gasteiger partial charge in [-0.2, -0.15) is 0 Å². The summed E-state index contributed by atoms with van der Waals surface area (Å²) in [6.45, 7) is 4.18. The molecule has 2 aromatic rings. The van der Waals surface area contributed by atoms with Gasteiger partial charge in [-0.3, -0.25) is 9.59 Å². The predicted octanol–water partition coefficient (Wildman–Crippen LogP) is 3.34. The van der Waals surface area contributed by atoms with E-state index in [2.05, 4.69) is 10.6 Å². The van der Waals surface area contributed by atoms with Crippen molar-refractivity contribution in [1.82, 2.24) is 5.32 Å². The summed E-state index contributed by atoms with van der Waals surface area (Å²) in [5, 5.41) is 6.04. The van der Waals surface area contributed by atoms with Crippen LogP contribution >= 0.6 is 23.7 Å². The average molecular weight is 386 g/mol. The molecule has 0 saturated heterocycles. The highest BCUT2D eigenvalue weighted by Gasteiger charge is 2.15. The molecule has 1 unspecified atom stereocenters. The van der Waals surface area contributed by atoms with Crippen LogP contribution in [0.15, 0.2) is 30.3 Å². The summed E-state index contributed by atoms with van der Waals surface area (Å²) in [4.78, 5) is 24.8. The molecule has 5 nitrogen and oxygen atoms in total. The van der Waals surface area contributed by atoms with Crippen LogP contribution in [0.4, 0.5) is 9.39 Å². The van der Waals surface area contributed by atoms with E-state index < -0.39 is 11.7 Å². The monoisotopic (exact) mass is 385 g/mol. The van der Waals surface area contributed by atoms with Gasteiger partial charge >= 0.3 is 0 Å². The lowest BCUT2D eigenvalue weighted by Gasteiger charge is -2.06. The fourth-order valence-corrected chi connectivity index (χ4v) is 3.06. The fraction of sp³-hybridized carbons (Fsp3) is 0.294. The molecule has 0 radical (unpaired) electrons. The number of amides is 2. The van der Waals surface area contributed by atoms with E-state index in [4.69, 9.17) is 5.73 Å². The van der Waals surface area contributed by atoms with Crippen molar-refractivity contribution in [2.24, 2.45) is 5.73 Å². The van der Waals surface area contributed by atoms with Crippen LogP contribution in [0, 0.1) is 12.7 Å². The molecule has 2 amide bonds. The molecule has 2 rings (SSSR count). The SMILES string of the molecule is Cc1cc(NC(=O)c2cccc(F)c2)sc1C(=O)NCCC(C)N.Cl. The van der Waals surface area contributed by atoms with Crippen molar-refractivity contribution in [3.05, 3.63) is 52.2 Å². The second-order valence-corrected chi connectivity index (χ2v) is 6.66. The lowest BCUT2D eigenvalue weighted by molar-refractivity contribution is 0.0955. The fourth-order valence-electron chi connectivity index (χ4n) is 2.08. The molecule has 136 valence electrons. The van der Waals surface area contributed by atoms with Crippen molar-refractivity contribution in [2.75, 3.05) is 11.9 Å². The zero-order chi connectivity index (χ0) is 17.7. The Bertz CT molecular complexity index is 749. The van der Waals surface area contributed by atoms with E-state index in [9.17, 15) is 14.0 Å². The van der Waals surface area contributed by atoms with Gasteiger partial charge in [-0.15, -0.1) is 23.7 Å². The minimum atomic E-state index is -0.473. The van der Waals surface area contributed by atoms with Gasteiger partial charge in [0.1, 0.15) is 5.82 Å². The van der Waals surface area contributed by atoms with Gasteiger partial charge in [0.2, 0.25) is 0 Å². The molecule has 1 atom stereocenters. The van der Waals surface area contributed by atoms with Crippen molar-refractivity contribution in [3.63, 3.8) is 0 Å². The highest BCUT2D eigenvalue weighted by Crippen LogP contribution is 2.27. The Labute approximate surface area is 156 Å². The van der Waals surface area contributed by atoms with Crippen LogP contribution in [0.25, 0.3) is 0 Å². The predicted molar refractivity (Wildman–Crippen MR) is 101 cm³/mol. The Kier molecular flexibility index (Phi) is 8.02. The van der Waals surface area contributed by atoms with Crippen LogP contribution in [0.1, 0.15) is 38.9 Å². The third kappa shape index (κ3) is 6.12. The van der Waals surface area contributed by atoms with E-state index in [0.717, 1.165) is 11.6 Å². The summed E-state index contributed by atoms with van der Waals surface area (Å²) in [6, 6.07) is 7.19. The molecule has 0 bridgehead atoms. The molecule has 0 aliphatic carbocycles. The first-order chi connectivity index (χ1) is 11.4. The van der Waals surface area contributed by atoms with Gasteiger partial charge in [0.15, 0.2) is 0 Å². The van der Waals surface area contributed by atoms with E-state index in [-0.39, 0.29) is 29.9 Å². The van der Waals surface area contributed by atoms with Crippen molar-refractivity contribution < 1.29 is 14.0 Å². The zero-order valence-corrected chi connectivity index (χ0v) is 15.6. The quantitative estimate of drug-likeness (QED) is 0.713. The van der Waals surface area contributed by atoms with Crippen LogP contribution in [-0.4, -0.2) is 24.4 Å². The van der Waals surface area contributed by atoms with E-state index in [1.54, 1.807) is 13.0 Å². The molecule has 25 heavy (non-hydrogen) atoms. The highest BCUT2D eigenvalue weighted by atomic mass is 35.5. The number of rotatable bonds is 6. The number of halogens is 2. The zero-order valence-electron chi connectivity index (χ0n) is 14.0. The number of benzene rings is 1. The first-order valence-electron chi connectivity index (χ1n) is 7.58. The van der Waals surface area contributed by atoms with Crippen LogP contribution < -0.4 is 16.4 Å². The van der Waals surface area contributed by atoms with Crippen LogP contribution in [0.2, 0.25) is 0 Å². The Morgan fingerprint density at radius 2 is 2.00 bits per heavy atom. The van der Waals surface area contributed by atoms with Crippen molar-refractivity contribution in [2.45, 2.75) is 26.3 Å². The maximum Gasteiger partial charge on any atom is 0.261 e. The Morgan fingerprint density at radius 3 is 2.64 bits per heavy atom. The molecule has 0 spiro atoms. The summed E-state index contributed by atoms with van der Waals surface area (Å²) in [6.07, 6.45) is 0.694. The molecule has 0 aliphatic rings. The Balaban J connectivity index is 0.00000312. The summed E-state index contributed by atoms with van der Waals surface area (Å²) < 4.78 is 13.2. The molecular formula is C17H21ClFN3O2S. The third-order valence-corrected chi connectivity index (χ3v) is 4.48. The third-order valence-electron chi connectivity index (χ3n) is 3.33. The first-order valence-corrected chi connectivity index (χ1v) is 8.39. The van der Waals surface area contributed by atoms with Gasteiger partial charge < -0.3 is 16.4 Å². The van der Waals surface area contributed by atoms with E-state index >= 15 is 0 Å². The topological polar surface area (TPSA) is 84.2 Å². The summed E-state index contributed by atoms with van der Waals surface area (Å²) in [7, 11) is 0. The molecule has 1 aromatic carbocycles. The second kappa shape index (κ2) is 9.50. The largest absolute Gasteiger partial charge is 0.351 e. The molecule has 1 aromatic heterocycles. The molecule has 1 heterocycles. The van der Waals surface area contributed by atoms with Crippen LogP contribution in [-0.2, 0) is 0 Å². The van der Waals surface area contributed by atoms with Gasteiger partial charge in [0.25, 0.3) is 11.8 Å². The summed E-state index contributed by atoms with van der Waals surface area (Å²) in [5.74, 6) is -1.08. The number of thiophene rings is 1. The van der Waals surface area contributed by atoms with E-state index in [1.165, 1.54) is 29.5 Å². The Morgan fingerprint density at radius 1 is 1.28 bits per heavy atom. The minimum absolute atomic E-state index is 0. The Hall–Kier alpha value is -1.96. The molecule has 4 N–H and O–H groups in total. The highest BCUT2D eigenvalue weighted by molar-refractivity contribution is 7.18. The number of hydrogen-bond donors (Lipinski definition) is 3. The van der Waals surface area contributed by atoms with Gasteiger partial charge in [0.05, 0.1) is 9.88 Å². The maximum absolute atomic E-state index is 13.2. The number of nitrogens with one attached hydrogen (secondary N) is 2. The maximum atomic E-state index is 13.2. The average Bonchev–Trinajstić information content (AvgIpc) is 2.87.